The van der Waals surface area contributed by atoms with Gasteiger partial charge in [-0.15, -0.1) is 0 Å². The smallest absolute Gasteiger partial charge is 0.251 e. The Morgan fingerprint density at radius 2 is 2.03 bits per heavy atom. The maximum absolute atomic E-state index is 13.5. The first-order valence-corrected chi connectivity index (χ1v) is 13.8. The molecule has 9 nitrogen and oxygen atoms in total. The molecule has 0 spiro atoms. The van der Waals surface area contributed by atoms with Crippen LogP contribution in [-0.2, 0) is 9.59 Å². The van der Waals surface area contributed by atoms with Crippen LogP contribution in [0, 0.1) is 11.8 Å². The van der Waals surface area contributed by atoms with Crippen LogP contribution in [0.4, 0.5) is 5.82 Å². The van der Waals surface area contributed by atoms with Crippen molar-refractivity contribution in [1.29, 1.82) is 0 Å². The van der Waals surface area contributed by atoms with Crippen molar-refractivity contribution >= 4 is 23.2 Å². The highest BCUT2D eigenvalue weighted by molar-refractivity contribution is 6.21. The molecule has 1 saturated heterocycles. The van der Waals surface area contributed by atoms with E-state index in [2.05, 4.69) is 51.2 Å². The van der Waals surface area contributed by atoms with Gasteiger partial charge in [-0.3, -0.25) is 14.5 Å². The van der Waals surface area contributed by atoms with Crippen molar-refractivity contribution in [2.24, 2.45) is 11.8 Å². The van der Waals surface area contributed by atoms with Crippen molar-refractivity contribution in [1.82, 2.24) is 30.6 Å². The molecule has 0 aromatic carbocycles. The highest BCUT2D eigenvalue weighted by Gasteiger charge is 2.33. The second-order valence-electron chi connectivity index (χ2n) is 11.2. The second kappa shape index (κ2) is 10.8. The normalized spacial score (nSPS) is 27.0. The predicted octanol–water partition coefficient (Wildman–Crippen LogP) is 2.43. The third-order valence-corrected chi connectivity index (χ3v) is 8.23. The molecule has 5 rings (SSSR count). The second-order valence-corrected chi connectivity index (χ2v) is 11.2. The Kier molecular flexibility index (Phi) is 7.53. The van der Waals surface area contributed by atoms with Crippen molar-refractivity contribution in [2.45, 2.75) is 65.1 Å². The van der Waals surface area contributed by atoms with Gasteiger partial charge in [0.2, 0.25) is 5.91 Å². The fourth-order valence-electron chi connectivity index (χ4n) is 6.08. The number of nitrogens with zero attached hydrogens (tertiary/aromatic N) is 3. The molecular weight excluding hydrogens is 466 g/mol. The molecule has 0 saturated carbocycles. The average molecular weight is 508 g/mol. The highest BCUT2D eigenvalue weighted by Crippen LogP contribution is 2.35. The lowest BCUT2D eigenvalue weighted by Gasteiger charge is -2.38. The van der Waals surface area contributed by atoms with Gasteiger partial charge in [-0.1, -0.05) is 19.1 Å². The van der Waals surface area contributed by atoms with E-state index in [1.54, 1.807) is 6.20 Å². The third-order valence-electron chi connectivity index (χ3n) is 8.23. The van der Waals surface area contributed by atoms with E-state index < -0.39 is 0 Å². The SMILES string of the molecule is CC1=CC(C)C(CNC(=O)C2=CC(C3=CCN(C4CCNCC4)CC3)Nc3c2cnn3C(C)C)C(=O)N1. The standard InChI is InChI=1S/C28H41N7O2/c1-17(2)35-26-24(16-31-35)22(27(36)30-15-23-18(3)13-19(4)32-28(23)37)14-25(33-26)20-7-11-34(12-8-20)21-5-9-29-10-6-21/h7,13-14,16-18,21,23,25,29,33H,5-6,8-12,15H2,1-4H3,(H,30,36)(H,32,37). The average Bonchev–Trinajstić information content (AvgIpc) is 3.32. The number of rotatable bonds is 6. The van der Waals surface area contributed by atoms with Gasteiger partial charge >= 0.3 is 0 Å². The molecule has 0 aliphatic carbocycles. The molecule has 5 heterocycles. The number of hydrogen-bond donors (Lipinski definition) is 4. The zero-order valence-corrected chi connectivity index (χ0v) is 22.5. The molecule has 1 aromatic rings. The number of piperidine rings is 1. The van der Waals surface area contributed by atoms with E-state index in [1.165, 1.54) is 18.4 Å². The highest BCUT2D eigenvalue weighted by atomic mass is 16.2. The van der Waals surface area contributed by atoms with Gasteiger partial charge in [-0.25, -0.2) is 4.68 Å². The van der Waals surface area contributed by atoms with Crippen LogP contribution >= 0.6 is 0 Å². The van der Waals surface area contributed by atoms with Gasteiger partial charge in [-0.2, -0.15) is 5.10 Å². The Morgan fingerprint density at radius 3 is 2.70 bits per heavy atom. The molecule has 0 radical (unpaired) electrons. The number of fused-ring (bicyclic) bond motifs is 1. The maximum Gasteiger partial charge on any atom is 0.251 e. The van der Waals surface area contributed by atoms with Crippen LogP contribution < -0.4 is 21.3 Å². The molecule has 37 heavy (non-hydrogen) atoms. The molecule has 4 aliphatic heterocycles. The lowest BCUT2D eigenvalue weighted by molar-refractivity contribution is -0.126. The molecule has 2 amide bonds. The summed E-state index contributed by atoms with van der Waals surface area (Å²) in [5.41, 5.74) is 3.63. The summed E-state index contributed by atoms with van der Waals surface area (Å²) in [5, 5.41) is 17.7. The van der Waals surface area contributed by atoms with E-state index in [9.17, 15) is 9.59 Å². The lowest BCUT2D eigenvalue weighted by atomic mass is 9.89. The summed E-state index contributed by atoms with van der Waals surface area (Å²) in [5.74, 6) is 0.472. The molecular formula is C28H41N7O2. The molecule has 9 heteroatoms. The summed E-state index contributed by atoms with van der Waals surface area (Å²) in [6.45, 7) is 12.6. The fourth-order valence-corrected chi connectivity index (χ4v) is 6.08. The summed E-state index contributed by atoms with van der Waals surface area (Å²) in [7, 11) is 0. The van der Waals surface area contributed by atoms with E-state index >= 15 is 0 Å². The van der Waals surface area contributed by atoms with Crippen molar-refractivity contribution in [3.05, 3.63) is 41.3 Å². The lowest BCUT2D eigenvalue weighted by Crippen LogP contribution is -2.45. The Labute approximate surface area is 219 Å². The molecule has 4 aliphatic rings. The third kappa shape index (κ3) is 5.38. The van der Waals surface area contributed by atoms with Crippen LogP contribution in [0.2, 0.25) is 0 Å². The number of carbonyl (C=O) groups excluding carboxylic acids is 2. The Morgan fingerprint density at radius 1 is 1.24 bits per heavy atom. The first-order chi connectivity index (χ1) is 17.8. The number of allylic oxidation sites excluding steroid dienone is 2. The van der Waals surface area contributed by atoms with Gasteiger partial charge < -0.3 is 21.3 Å². The van der Waals surface area contributed by atoms with E-state index in [-0.39, 0.29) is 35.7 Å². The van der Waals surface area contributed by atoms with Gasteiger partial charge in [-0.05, 0) is 70.7 Å². The number of anilines is 1. The number of amides is 2. The van der Waals surface area contributed by atoms with Crippen LogP contribution in [0.5, 0.6) is 0 Å². The monoisotopic (exact) mass is 507 g/mol. The molecule has 0 bridgehead atoms. The van der Waals surface area contributed by atoms with Crippen molar-refractivity contribution < 1.29 is 9.59 Å². The zero-order valence-electron chi connectivity index (χ0n) is 22.5. The van der Waals surface area contributed by atoms with Crippen LogP contribution in [0.1, 0.15) is 58.6 Å². The van der Waals surface area contributed by atoms with Gasteiger partial charge in [0.15, 0.2) is 0 Å². The predicted molar refractivity (Wildman–Crippen MR) is 146 cm³/mol. The van der Waals surface area contributed by atoms with Crippen molar-refractivity contribution in [2.75, 3.05) is 38.0 Å². The number of hydrogen-bond acceptors (Lipinski definition) is 6. The van der Waals surface area contributed by atoms with Crippen LogP contribution in [0.3, 0.4) is 0 Å². The van der Waals surface area contributed by atoms with E-state index in [0.717, 1.165) is 49.7 Å². The minimum absolute atomic E-state index is 0.0380. The number of nitrogens with one attached hydrogen (secondary N) is 4. The quantitative estimate of drug-likeness (QED) is 0.441. The van der Waals surface area contributed by atoms with Crippen LogP contribution in [0.25, 0.3) is 5.57 Å². The summed E-state index contributed by atoms with van der Waals surface area (Å²) < 4.78 is 1.96. The molecule has 1 fully saturated rings. The fraction of sp³-hybridized carbons (Fsp3) is 0.607. The van der Waals surface area contributed by atoms with Gasteiger partial charge in [0.05, 0.1) is 23.7 Å². The minimum atomic E-state index is -0.286. The molecule has 200 valence electrons. The van der Waals surface area contributed by atoms with Crippen LogP contribution in [-0.4, -0.2) is 71.3 Å². The number of carbonyl (C=O) groups is 2. The topological polar surface area (TPSA) is 103 Å². The van der Waals surface area contributed by atoms with Crippen LogP contribution in [0.15, 0.2) is 35.7 Å². The molecule has 1 aromatic heterocycles. The van der Waals surface area contributed by atoms with E-state index in [0.29, 0.717) is 18.2 Å². The van der Waals surface area contributed by atoms with Crippen molar-refractivity contribution in [3.8, 4) is 0 Å². The first kappa shape index (κ1) is 25.7. The van der Waals surface area contributed by atoms with Gasteiger partial charge in [0, 0.05) is 43.0 Å². The molecule has 4 N–H and O–H groups in total. The molecule has 3 unspecified atom stereocenters. The summed E-state index contributed by atoms with van der Waals surface area (Å²) in [6.07, 6.45) is 11.6. The van der Waals surface area contributed by atoms with Gasteiger partial charge in [0.25, 0.3) is 5.91 Å². The first-order valence-electron chi connectivity index (χ1n) is 13.8. The summed E-state index contributed by atoms with van der Waals surface area (Å²) in [4.78, 5) is 28.6. The number of aromatic nitrogens is 2. The summed E-state index contributed by atoms with van der Waals surface area (Å²) >= 11 is 0. The minimum Gasteiger partial charge on any atom is -0.360 e. The van der Waals surface area contributed by atoms with E-state index in [1.807, 2.05) is 30.7 Å². The Balaban J connectivity index is 1.34. The van der Waals surface area contributed by atoms with E-state index in [4.69, 9.17) is 0 Å². The van der Waals surface area contributed by atoms with Crippen molar-refractivity contribution in [3.63, 3.8) is 0 Å². The largest absolute Gasteiger partial charge is 0.360 e. The Hall–Kier alpha value is -2.91. The summed E-state index contributed by atoms with van der Waals surface area (Å²) in [6, 6.07) is 0.763. The molecule has 3 atom stereocenters. The van der Waals surface area contributed by atoms with Gasteiger partial charge in [0.1, 0.15) is 5.82 Å². The zero-order chi connectivity index (χ0) is 26.1. The maximum atomic E-state index is 13.5. The Bertz CT molecular complexity index is 1130.